The molecule has 3 rings (SSSR count). The molecule has 4 nitrogen and oxygen atoms in total. The van der Waals surface area contributed by atoms with Crippen molar-refractivity contribution >= 4 is 5.78 Å². The van der Waals surface area contributed by atoms with Crippen LogP contribution in [0.3, 0.4) is 0 Å². The molecule has 0 radical (unpaired) electrons. The number of nitrogens with zero attached hydrogens (tertiary/aromatic N) is 2. The summed E-state index contributed by atoms with van der Waals surface area (Å²) in [7, 11) is 0. The van der Waals surface area contributed by atoms with Gasteiger partial charge in [-0.3, -0.25) is 9.20 Å². The zero-order valence-corrected chi connectivity index (χ0v) is 7.03. The van der Waals surface area contributed by atoms with Gasteiger partial charge in [0.15, 0.2) is 0 Å². The van der Waals surface area contributed by atoms with Gasteiger partial charge < -0.3 is 4.98 Å². The van der Waals surface area contributed by atoms with Crippen LogP contribution in [0.25, 0.3) is 5.78 Å². The smallest absolute Gasteiger partial charge is 0.259 e. The molecule has 1 aliphatic carbocycles. The van der Waals surface area contributed by atoms with E-state index in [1.54, 1.807) is 4.40 Å². The minimum atomic E-state index is -0.0202. The summed E-state index contributed by atoms with van der Waals surface area (Å²) >= 11 is 0. The Kier molecular flexibility index (Phi) is 1.17. The maximum atomic E-state index is 11.3. The molecule has 0 spiro atoms. The first-order chi connectivity index (χ1) is 6.34. The maximum absolute atomic E-state index is 11.3. The summed E-state index contributed by atoms with van der Waals surface area (Å²) < 4.78 is 1.56. The Morgan fingerprint density at radius 2 is 2.38 bits per heavy atom. The second-order valence-electron chi connectivity index (χ2n) is 3.46. The van der Waals surface area contributed by atoms with Crippen molar-refractivity contribution in [3.63, 3.8) is 0 Å². The van der Waals surface area contributed by atoms with Crippen LogP contribution in [0.2, 0.25) is 0 Å². The van der Waals surface area contributed by atoms with Crippen LogP contribution < -0.4 is 5.56 Å². The average Bonchev–Trinajstić information content (AvgIpc) is 2.87. The highest BCUT2D eigenvalue weighted by Gasteiger charge is 2.25. The first-order valence-corrected chi connectivity index (χ1v) is 4.41. The maximum Gasteiger partial charge on any atom is 0.259 e. The summed E-state index contributed by atoms with van der Waals surface area (Å²) in [5, 5.41) is 0. The van der Waals surface area contributed by atoms with Crippen molar-refractivity contribution in [1.82, 2.24) is 14.4 Å². The van der Waals surface area contributed by atoms with E-state index in [-0.39, 0.29) is 5.56 Å². The number of H-pyrrole nitrogens is 1. The van der Waals surface area contributed by atoms with Crippen LogP contribution in [-0.4, -0.2) is 14.4 Å². The van der Waals surface area contributed by atoms with Crippen LogP contribution in [0.1, 0.15) is 24.5 Å². The minimum Gasteiger partial charge on any atom is -0.327 e. The van der Waals surface area contributed by atoms with Gasteiger partial charge in [-0.05, 0) is 12.8 Å². The first-order valence-electron chi connectivity index (χ1n) is 4.41. The molecule has 1 N–H and O–H groups in total. The van der Waals surface area contributed by atoms with Crippen LogP contribution in [0.4, 0.5) is 0 Å². The summed E-state index contributed by atoms with van der Waals surface area (Å²) in [4.78, 5) is 18.6. The summed E-state index contributed by atoms with van der Waals surface area (Å²) in [6.07, 6.45) is 5.84. The van der Waals surface area contributed by atoms with Gasteiger partial charge in [-0.2, -0.15) is 0 Å². The number of imidazole rings is 1. The lowest BCUT2D eigenvalue weighted by Gasteiger charge is -1.86. The predicted molar refractivity (Wildman–Crippen MR) is 47.8 cm³/mol. The summed E-state index contributed by atoms with van der Waals surface area (Å²) in [5.41, 5.74) is 1.11. The van der Waals surface area contributed by atoms with E-state index >= 15 is 0 Å². The normalized spacial score (nSPS) is 16.6. The lowest BCUT2D eigenvalue weighted by molar-refractivity contribution is 1.05. The van der Waals surface area contributed by atoms with E-state index in [1.165, 1.54) is 25.1 Å². The molecule has 1 aliphatic rings. The fourth-order valence-corrected chi connectivity index (χ4v) is 1.54. The van der Waals surface area contributed by atoms with Crippen molar-refractivity contribution in [2.45, 2.75) is 18.8 Å². The lowest BCUT2D eigenvalue weighted by Crippen LogP contribution is -2.09. The van der Waals surface area contributed by atoms with Crippen LogP contribution in [-0.2, 0) is 0 Å². The zero-order chi connectivity index (χ0) is 8.84. The quantitative estimate of drug-likeness (QED) is 0.700. The average molecular weight is 175 g/mol. The third-order valence-electron chi connectivity index (χ3n) is 2.42. The fourth-order valence-electron chi connectivity index (χ4n) is 1.54. The van der Waals surface area contributed by atoms with E-state index in [1.807, 2.05) is 6.20 Å². The van der Waals surface area contributed by atoms with Crippen LogP contribution >= 0.6 is 0 Å². The summed E-state index contributed by atoms with van der Waals surface area (Å²) in [6, 6.07) is 1.47. The summed E-state index contributed by atoms with van der Waals surface area (Å²) in [6.45, 7) is 0. The van der Waals surface area contributed by atoms with Crippen molar-refractivity contribution in [3.05, 3.63) is 34.5 Å². The van der Waals surface area contributed by atoms with Crippen molar-refractivity contribution < 1.29 is 0 Å². The third kappa shape index (κ3) is 0.983. The van der Waals surface area contributed by atoms with Gasteiger partial charge in [-0.15, -0.1) is 0 Å². The molecule has 0 unspecified atom stereocenters. The SMILES string of the molecule is O=c1ccnc2[nH]c(C3CC3)cn12. The fraction of sp³-hybridized carbons (Fsp3) is 0.333. The molecule has 0 amide bonds. The number of fused-ring (bicyclic) bond motifs is 1. The monoisotopic (exact) mass is 175 g/mol. The van der Waals surface area contributed by atoms with Gasteiger partial charge in [0.05, 0.1) is 0 Å². The number of hydrogen-bond acceptors (Lipinski definition) is 2. The number of aromatic amines is 1. The summed E-state index contributed by atoms with van der Waals surface area (Å²) in [5.74, 6) is 1.27. The Morgan fingerprint density at radius 3 is 3.08 bits per heavy atom. The number of aromatic nitrogens is 3. The molecule has 0 aromatic carbocycles. The number of hydrogen-bond donors (Lipinski definition) is 1. The Hall–Kier alpha value is -1.58. The minimum absolute atomic E-state index is 0.0202. The van der Waals surface area contributed by atoms with E-state index in [2.05, 4.69) is 9.97 Å². The topological polar surface area (TPSA) is 50.2 Å². The van der Waals surface area contributed by atoms with Crippen molar-refractivity contribution in [1.29, 1.82) is 0 Å². The lowest BCUT2D eigenvalue weighted by atomic mass is 10.3. The molecule has 13 heavy (non-hydrogen) atoms. The van der Waals surface area contributed by atoms with Gasteiger partial charge in [0.2, 0.25) is 5.78 Å². The molecule has 2 aromatic heterocycles. The largest absolute Gasteiger partial charge is 0.327 e. The molecule has 66 valence electrons. The molecule has 1 saturated carbocycles. The van der Waals surface area contributed by atoms with Gasteiger partial charge >= 0.3 is 0 Å². The van der Waals surface area contributed by atoms with Gasteiger partial charge in [0.25, 0.3) is 5.56 Å². The number of rotatable bonds is 1. The van der Waals surface area contributed by atoms with E-state index in [9.17, 15) is 4.79 Å². The molecule has 4 heteroatoms. The molecule has 0 atom stereocenters. The Balaban J connectivity index is 2.32. The molecule has 0 saturated heterocycles. The second kappa shape index (κ2) is 2.22. The van der Waals surface area contributed by atoms with Gasteiger partial charge in [-0.25, -0.2) is 4.98 Å². The van der Waals surface area contributed by atoms with Gasteiger partial charge in [0, 0.05) is 30.1 Å². The van der Waals surface area contributed by atoms with Crippen molar-refractivity contribution in [3.8, 4) is 0 Å². The predicted octanol–water partition coefficient (Wildman–Crippen LogP) is 0.900. The Morgan fingerprint density at radius 1 is 1.54 bits per heavy atom. The second-order valence-corrected chi connectivity index (χ2v) is 3.46. The molecule has 1 fully saturated rings. The molecule has 0 bridgehead atoms. The van der Waals surface area contributed by atoms with E-state index < -0.39 is 0 Å². The van der Waals surface area contributed by atoms with E-state index in [0.717, 1.165) is 5.69 Å². The Labute approximate surface area is 74.2 Å². The molecule has 2 heterocycles. The van der Waals surface area contributed by atoms with Crippen molar-refractivity contribution in [2.75, 3.05) is 0 Å². The molecule has 2 aromatic rings. The van der Waals surface area contributed by atoms with Crippen LogP contribution in [0.5, 0.6) is 0 Å². The molecule has 0 aliphatic heterocycles. The van der Waals surface area contributed by atoms with Crippen molar-refractivity contribution in [2.24, 2.45) is 0 Å². The highest BCUT2D eigenvalue weighted by atomic mass is 16.1. The van der Waals surface area contributed by atoms with E-state index in [4.69, 9.17) is 0 Å². The Bertz CT molecular complexity index is 507. The standard InChI is InChI=1S/C9H9N3O/c13-8-3-4-10-9-11-7(5-12(8)9)6-1-2-6/h3-6H,1-2H2,(H,10,11). The third-order valence-corrected chi connectivity index (χ3v) is 2.42. The highest BCUT2D eigenvalue weighted by molar-refractivity contribution is 5.32. The first kappa shape index (κ1) is 6.88. The molecular weight excluding hydrogens is 166 g/mol. The van der Waals surface area contributed by atoms with Crippen LogP contribution in [0.15, 0.2) is 23.3 Å². The number of nitrogens with one attached hydrogen (secondary N) is 1. The highest BCUT2D eigenvalue weighted by Crippen LogP contribution is 2.38. The van der Waals surface area contributed by atoms with Gasteiger partial charge in [-0.1, -0.05) is 0 Å². The van der Waals surface area contributed by atoms with Gasteiger partial charge in [0.1, 0.15) is 0 Å². The molecular formula is C9H9N3O. The van der Waals surface area contributed by atoms with E-state index in [0.29, 0.717) is 11.7 Å². The zero-order valence-electron chi connectivity index (χ0n) is 7.03. The van der Waals surface area contributed by atoms with Crippen LogP contribution in [0, 0.1) is 0 Å².